The Bertz CT molecular complexity index is 3110. The molecule has 1 aliphatic rings. The Morgan fingerprint density at radius 1 is 0.481 bits per heavy atom. The molecular formula is C47H30N4O. The number of para-hydroxylation sites is 1. The number of furan rings is 1. The monoisotopic (exact) mass is 666 g/mol. The van der Waals surface area contributed by atoms with E-state index in [4.69, 9.17) is 14.4 Å². The summed E-state index contributed by atoms with van der Waals surface area (Å²) in [5.41, 5.74) is 8.04. The molecule has 3 heterocycles. The molecule has 5 nitrogen and oxygen atoms in total. The van der Waals surface area contributed by atoms with Crippen LogP contribution in [0.25, 0.3) is 71.0 Å². The molecule has 0 aliphatic carbocycles. The van der Waals surface area contributed by atoms with Gasteiger partial charge in [-0.15, -0.1) is 0 Å². The van der Waals surface area contributed by atoms with Crippen molar-refractivity contribution in [3.8, 4) is 5.69 Å². The number of benzene rings is 8. The number of aliphatic imine (C=N–C) groups is 2. The summed E-state index contributed by atoms with van der Waals surface area (Å²) in [5, 5.41) is 13.1. The van der Waals surface area contributed by atoms with Crippen molar-refractivity contribution in [2.75, 3.05) is 0 Å². The third-order valence-corrected chi connectivity index (χ3v) is 10.4. The van der Waals surface area contributed by atoms with Gasteiger partial charge in [0.15, 0.2) is 5.84 Å². The second kappa shape index (κ2) is 11.3. The second-order valence-corrected chi connectivity index (χ2v) is 13.5. The highest BCUT2D eigenvalue weighted by molar-refractivity contribution is 6.16. The Hall–Kier alpha value is -6.98. The fourth-order valence-electron chi connectivity index (χ4n) is 7.85. The molecule has 0 spiro atoms. The van der Waals surface area contributed by atoms with Gasteiger partial charge in [0, 0.05) is 44.4 Å². The Morgan fingerprint density at radius 2 is 1.17 bits per heavy atom. The van der Waals surface area contributed by atoms with Crippen molar-refractivity contribution in [1.29, 1.82) is 0 Å². The van der Waals surface area contributed by atoms with Crippen LogP contribution >= 0.6 is 0 Å². The first-order chi connectivity index (χ1) is 25.7. The van der Waals surface area contributed by atoms with Crippen molar-refractivity contribution in [3.63, 3.8) is 0 Å². The molecule has 10 aromatic rings. The summed E-state index contributed by atoms with van der Waals surface area (Å²) in [4.78, 5) is 10.2. The Balaban J connectivity index is 1.04. The molecule has 1 unspecified atom stereocenters. The highest BCUT2D eigenvalue weighted by Gasteiger charge is 2.22. The maximum absolute atomic E-state index is 6.66. The van der Waals surface area contributed by atoms with Crippen molar-refractivity contribution in [2.24, 2.45) is 9.98 Å². The van der Waals surface area contributed by atoms with Crippen LogP contribution in [0.2, 0.25) is 0 Å². The highest BCUT2D eigenvalue weighted by Crippen LogP contribution is 2.37. The van der Waals surface area contributed by atoms with Crippen LogP contribution in [0.4, 0.5) is 0 Å². The minimum Gasteiger partial charge on any atom is -0.456 e. The number of nitrogens with one attached hydrogen (secondary N) is 1. The second-order valence-electron chi connectivity index (χ2n) is 13.5. The molecule has 1 N–H and O–H groups in total. The highest BCUT2D eigenvalue weighted by atomic mass is 16.3. The SMILES string of the molecule is c1ccc(C2=NC(c3ccc4c(c3)oc3cc(-n5c6ccccc6c6cc7ccccc7cc65)ccc34)=NC(c3ccc4ccccc4c3)N2)cc1. The smallest absolute Gasteiger partial charge is 0.159 e. The number of fused-ring (bicyclic) bond motifs is 8. The zero-order valence-corrected chi connectivity index (χ0v) is 28.0. The molecule has 244 valence electrons. The third-order valence-electron chi connectivity index (χ3n) is 10.4. The molecule has 0 saturated carbocycles. The number of hydrogen-bond acceptors (Lipinski definition) is 4. The zero-order valence-electron chi connectivity index (χ0n) is 28.0. The van der Waals surface area contributed by atoms with E-state index in [1.54, 1.807) is 0 Å². The summed E-state index contributed by atoms with van der Waals surface area (Å²) in [6.07, 6.45) is -0.301. The molecule has 1 atom stereocenters. The van der Waals surface area contributed by atoms with Gasteiger partial charge in [-0.25, -0.2) is 9.98 Å². The molecule has 1 aliphatic heterocycles. The standard InChI is InChI=1S/C47H30N4O/c1-2-11-30(12-3-1)45-48-46(34-19-18-29-10-4-5-13-31(29)24-34)50-47(49-45)35-20-22-38-39-23-21-36(28-44(39)52-43(38)27-35)51-41-17-9-8-16-37(41)40-25-32-14-6-7-15-33(32)26-42(40)51/h1-28,46H,(H,48,49,50). The van der Waals surface area contributed by atoms with Gasteiger partial charge in [0.25, 0.3) is 0 Å². The van der Waals surface area contributed by atoms with Gasteiger partial charge in [-0.05, 0) is 75.6 Å². The van der Waals surface area contributed by atoms with Crippen LogP contribution in [-0.4, -0.2) is 16.2 Å². The van der Waals surface area contributed by atoms with Gasteiger partial charge in [0.05, 0.1) is 11.0 Å². The molecule has 5 heteroatoms. The van der Waals surface area contributed by atoms with Gasteiger partial charge < -0.3 is 14.3 Å². The van der Waals surface area contributed by atoms with Crippen LogP contribution in [0.5, 0.6) is 0 Å². The van der Waals surface area contributed by atoms with E-state index in [1.165, 1.54) is 43.4 Å². The number of amidine groups is 2. The first kappa shape index (κ1) is 28.8. The van der Waals surface area contributed by atoms with E-state index in [9.17, 15) is 0 Å². The van der Waals surface area contributed by atoms with Crippen LogP contribution in [0.1, 0.15) is 22.9 Å². The van der Waals surface area contributed by atoms with Gasteiger partial charge in [0.1, 0.15) is 23.2 Å². The predicted molar refractivity (Wildman–Crippen MR) is 215 cm³/mol. The molecule has 0 saturated heterocycles. The largest absolute Gasteiger partial charge is 0.456 e. The number of aromatic nitrogens is 1. The fraction of sp³-hybridized carbons (Fsp3) is 0.0213. The van der Waals surface area contributed by atoms with E-state index in [-0.39, 0.29) is 6.17 Å². The summed E-state index contributed by atoms with van der Waals surface area (Å²) in [6, 6.07) is 59.9. The fourth-order valence-corrected chi connectivity index (χ4v) is 7.85. The molecule has 0 bridgehead atoms. The minimum absolute atomic E-state index is 0.301. The number of nitrogens with zero attached hydrogens (tertiary/aromatic N) is 3. The van der Waals surface area contributed by atoms with Crippen LogP contribution in [-0.2, 0) is 0 Å². The normalized spacial score (nSPS) is 14.7. The molecule has 2 aromatic heterocycles. The summed E-state index contributed by atoms with van der Waals surface area (Å²) in [6.45, 7) is 0. The molecule has 8 aromatic carbocycles. The van der Waals surface area contributed by atoms with Crippen molar-refractivity contribution < 1.29 is 4.42 Å². The van der Waals surface area contributed by atoms with E-state index in [0.29, 0.717) is 5.84 Å². The van der Waals surface area contributed by atoms with Crippen LogP contribution in [0.15, 0.2) is 184 Å². The van der Waals surface area contributed by atoms with Crippen molar-refractivity contribution in [3.05, 3.63) is 187 Å². The van der Waals surface area contributed by atoms with E-state index < -0.39 is 0 Å². The van der Waals surface area contributed by atoms with Gasteiger partial charge in [-0.3, -0.25) is 0 Å². The Kier molecular flexibility index (Phi) is 6.25. The van der Waals surface area contributed by atoms with Crippen LogP contribution in [0, 0.1) is 0 Å². The lowest BCUT2D eigenvalue weighted by molar-refractivity contribution is 0.667. The summed E-state index contributed by atoms with van der Waals surface area (Å²) >= 11 is 0. The Morgan fingerprint density at radius 3 is 2.02 bits per heavy atom. The van der Waals surface area contributed by atoms with E-state index in [2.05, 4.69) is 162 Å². The van der Waals surface area contributed by atoms with Gasteiger partial charge in [0.2, 0.25) is 0 Å². The first-order valence-electron chi connectivity index (χ1n) is 17.6. The van der Waals surface area contributed by atoms with Crippen LogP contribution < -0.4 is 5.32 Å². The summed E-state index contributed by atoms with van der Waals surface area (Å²) in [5.74, 6) is 1.45. The molecule has 0 radical (unpaired) electrons. The lowest BCUT2D eigenvalue weighted by atomic mass is 10.0. The average molecular weight is 667 g/mol. The average Bonchev–Trinajstić information content (AvgIpc) is 3.74. The predicted octanol–water partition coefficient (Wildman–Crippen LogP) is 11.5. The molecule has 11 rings (SSSR count). The molecule has 52 heavy (non-hydrogen) atoms. The van der Waals surface area contributed by atoms with Crippen molar-refractivity contribution in [1.82, 2.24) is 9.88 Å². The lowest BCUT2D eigenvalue weighted by Gasteiger charge is -2.24. The number of rotatable bonds is 4. The van der Waals surface area contributed by atoms with Gasteiger partial charge >= 0.3 is 0 Å². The maximum Gasteiger partial charge on any atom is 0.159 e. The third kappa shape index (κ3) is 4.56. The number of hydrogen-bond donors (Lipinski definition) is 1. The quantitative estimate of drug-likeness (QED) is 0.203. The van der Waals surface area contributed by atoms with E-state index in [1.807, 2.05) is 18.2 Å². The van der Waals surface area contributed by atoms with Gasteiger partial charge in [-0.2, -0.15) is 0 Å². The maximum atomic E-state index is 6.66. The lowest BCUT2D eigenvalue weighted by Crippen LogP contribution is -2.33. The van der Waals surface area contributed by atoms with E-state index >= 15 is 0 Å². The van der Waals surface area contributed by atoms with E-state index in [0.717, 1.165) is 50.2 Å². The Labute approximate surface area is 298 Å². The summed E-state index contributed by atoms with van der Waals surface area (Å²) < 4.78 is 9.01. The zero-order chi connectivity index (χ0) is 34.2. The topological polar surface area (TPSA) is 54.8 Å². The van der Waals surface area contributed by atoms with Crippen LogP contribution in [0.3, 0.4) is 0 Å². The molecular weight excluding hydrogens is 637 g/mol. The summed E-state index contributed by atoms with van der Waals surface area (Å²) in [7, 11) is 0. The van der Waals surface area contributed by atoms with Crippen molar-refractivity contribution >= 4 is 77.0 Å². The van der Waals surface area contributed by atoms with Crippen molar-refractivity contribution in [2.45, 2.75) is 6.17 Å². The molecule has 0 amide bonds. The minimum atomic E-state index is -0.301. The first-order valence-corrected chi connectivity index (χ1v) is 17.6. The molecule has 0 fully saturated rings. The van der Waals surface area contributed by atoms with Gasteiger partial charge in [-0.1, -0.05) is 115 Å².